The number of aromatic amines is 1. The molecule has 2 aromatic heterocycles. The number of H-pyrrole nitrogens is 1. The van der Waals surface area contributed by atoms with Crippen LogP contribution in [0, 0.1) is 0 Å². The normalized spacial score (nSPS) is 11.8. The molecular weight excluding hydrogens is 278 g/mol. The van der Waals surface area contributed by atoms with Gasteiger partial charge in [-0.2, -0.15) is 0 Å². The van der Waals surface area contributed by atoms with Crippen LogP contribution in [0.25, 0.3) is 22.1 Å². The molecule has 0 saturated heterocycles. The number of aldehydes is 1. The standard InChI is InChI=1S/C18H17NO3/c1-18(2,3)15-8-11(13-5-4-6-19-17(13)21)7-14-12(9-20)10-22-16(14)15/h4-10H,1-3H3,(H,19,21). The van der Waals surface area contributed by atoms with E-state index in [1.807, 2.05) is 12.1 Å². The minimum absolute atomic E-state index is 0.155. The zero-order valence-electron chi connectivity index (χ0n) is 12.8. The van der Waals surface area contributed by atoms with Crippen LogP contribution < -0.4 is 5.56 Å². The number of hydrogen-bond donors (Lipinski definition) is 1. The first kappa shape index (κ1) is 14.3. The molecule has 4 nitrogen and oxygen atoms in total. The van der Waals surface area contributed by atoms with Crippen molar-refractivity contribution in [3.05, 3.63) is 58.2 Å². The van der Waals surface area contributed by atoms with E-state index in [4.69, 9.17) is 4.42 Å². The summed E-state index contributed by atoms with van der Waals surface area (Å²) in [6.07, 6.45) is 3.84. The van der Waals surface area contributed by atoms with Gasteiger partial charge in [-0.05, 0) is 35.2 Å². The van der Waals surface area contributed by atoms with E-state index in [-0.39, 0.29) is 11.0 Å². The third kappa shape index (κ3) is 2.26. The van der Waals surface area contributed by atoms with Gasteiger partial charge in [0.1, 0.15) is 11.8 Å². The molecule has 3 aromatic rings. The predicted molar refractivity (Wildman–Crippen MR) is 86.4 cm³/mol. The molecule has 0 aliphatic carbocycles. The van der Waals surface area contributed by atoms with Crippen LogP contribution in [-0.2, 0) is 5.41 Å². The van der Waals surface area contributed by atoms with Gasteiger partial charge in [-0.3, -0.25) is 9.59 Å². The van der Waals surface area contributed by atoms with E-state index in [0.29, 0.717) is 16.7 Å². The van der Waals surface area contributed by atoms with Crippen LogP contribution in [0.4, 0.5) is 0 Å². The summed E-state index contributed by atoms with van der Waals surface area (Å²) in [5.74, 6) is 0. The highest BCUT2D eigenvalue weighted by molar-refractivity contribution is 5.99. The quantitative estimate of drug-likeness (QED) is 0.729. The lowest BCUT2D eigenvalue weighted by atomic mass is 9.84. The maximum Gasteiger partial charge on any atom is 0.255 e. The summed E-state index contributed by atoms with van der Waals surface area (Å²) in [6.45, 7) is 6.22. The molecule has 1 N–H and O–H groups in total. The highest BCUT2D eigenvalue weighted by Crippen LogP contribution is 2.35. The van der Waals surface area contributed by atoms with Crippen LogP contribution >= 0.6 is 0 Å². The monoisotopic (exact) mass is 295 g/mol. The molecule has 0 spiro atoms. The van der Waals surface area contributed by atoms with Gasteiger partial charge >= 0.3 is 0 Å². The molecule has 0 radical (unpaired) electrons. The van der Waals surface area contributed by atoms with Crippen LogP contribution in [0.5, 0.6) is 0 Å². The van der Waals surface area contributed by atoms with Crippen molar-refractivity contribution in [1.29, 1.82) is 0 Å². The maximum atomic E-state index is 12.1. The molecule has 0 aliphatic rings. The Hall–Kier alpha value is -2.62. The highest BCUT2D eigenvalue weighted by atomic mass is 16.3. The highest BCUT2D eigenvalue weighted by Gasteiger charge is 2.22. The molecule has 0 amide bonds. The molecule has 0 saturated carbocycles. The van der Waals surface area contributed by atoms with E-state index < -0.39 is 0 Å². The van der Waals surface area contributed by atoms with Crippen molar-refractivity contribution in [3.8, 4) is 11.1 Å². The molecule has 4 heteroatoms. The molecule has 112 valence electrons. The fraction of sp³-hybridized carbons (Fsp3) is 0.222. The fourth-order valence-electron chi connectivity index (χ4n) is 2.61. The van der Waals surface area contributed by atoms with Crippen LogP contribution in [0.1, 0.15) is 36.7 Å². The van der Waals surface area contributed by atoms with Crippen molar-refractivity contribution in [2.45, 2.75) is 26.2 Å². The Labute approximate surface area is 127 Å². The number of hydrogen-bond acceptors (Lipinski definition) is 3. The Morgan fingerprint density at radius 1 is 1.23 bits per heavy atom. The van der Waals surface area contributed by atoms with E-state index in [1.54, 1.807) is 18.3 Å². The Bertz CT molecular complexity index is 910. The third-order valence-corrected chi connectivity index (χ3v) is 3.77. The maximum absolute atomic E-state index is 12.1. The number of carbonyl (C=O) groups is 1. The summed E-state index contributed by atoms with van der Waals surface area (Å²) in [5.41, 5.74) is 3.19. The van der Waals surface area contributed by atoms with E-state index >= 15 is 0 Å². The Kier molecular flexibility index (Phi) is 3.24. The summed E-state index contributed by atoms with van der Waals surface area (Å²) in [6, 6.07) is 7.36. The van der Waals surface area contributed by atoms with Gasteiger partial charge in [-0.25, -0.2) is 0 Å². The largest absolute Gasteiger partial charge is 0.463 e. The molecule has 3 rings (SSSR count). The smallest absolute Gasteiger partial charge is 0.255 e. The SMILES string of the molecule is CC(C)(C)c1cc(-c2ccc[nH]c2=O)cc2c(C=O)coc12. The van der Waals surface area contributed by atoms with Gasteiger partial charge in [0, 0.05) is 22.7 Å². The number of aromatic nitrogens is 1. The van der Waals surface area contributed by atoms with Crippen molar-refractivity contribution in [3.63, 3.8) is 0 Å². The van der Waals surface area contributed by atoms with Crippen molar-refractivity contribution < 1.29 is 9.21 Å². The van der Waals surface area contributed by atoms with Crippen LogP contribution in [0.2, 0.25) is 0 Å². The Morgan fingerprint density at radius 3 is 2.64 bits per heavy atom. The fourth-order valence-corrected chi connectivity index (χ4v) is 2.61. The molecule has 1 aromatic carbocycles. The summed E-state index contributed by atoms with van der Waals surface area (Å²) in [4.78, 5) is 26.0. The predicted octanol–water partition coefficient (Wildman–Crippen LogP) is 3.90. The first-order valence-corrected chi connectivity index (χ1v) is 7.11. The zero-order valence-corrected chi connectivity index (χ0v) is 12.8. The second-order valence-corrected chi connectivity index (χ2v) is 6.37. The number of fused-ring (bicyclic) bond motifs is 1. The van der Waals surface area contributed by atoms with E-state index in [0.717, 1.165) is 22.8 Å². The molecule has 0 atom stereocenters. The average molecular weight is 295 g/mol. The number of carbonyl (C=O) groups excluding carboxylic acids is 1. The number of benzene rings is 1. The second-order valence-electron chi connectivity index (χ2n) is 6.37. The van der Waals surface area contributed by atoms with Gasteiger partial charge in [-0.1, -0.05) is 20.8 Å². The average Bonchev–Trinajstić information content (AvgIpc) is 2.88. The van der Waals surface area contributed by atoms with E-state index in [9.17, 15) is 9.59 Å². The van der Waals surface area contributed by atoms with Crippen molar-refractivity contribution in [2.75, 3.05) is 0 Å². The first-order valence-electron chi connectivity index (χ1n) is 7.11. The minimum atomic E-state index is -0.173. The minimum Gasteiger partial charge on any atom is -0.463 e. The Morgan fingerprint density at radius 2 is 2.00 bits per heavy atom. The molecule has 2 heterocycles. The van der Waals surface area contributed by atoms with Gasteiger partial charge in [0.25, 0.3) is 5.56 Å². The van der Waals surface area contributed by atoms with Crippen molar-refractivity contribution >= 4 is 17.3 Å². The van der Waals surface area contributed by atoms with Crippen LogP contribution in [0.3, 0.4) is 0 Å². The topological polar surface area (TPSA) is 63.1 Å². The summed E-state index contributed by atoms with van der Waals surface area (Å²) in [7, 11) is 0. The number of furan rings is 1. The van der Waals surface area contributed by atoms with Crippen molar-refractivity contribution in [1.82, 2.24) is 4.98 Å². The molecule has 0 fully saturated rings. The van der Waals surface area contributed by atoms with Crippen LogP contribution in [0.15, 0.2) is 45.9 Å². The molecular formula is C18H17NO3. The van der Waals surface area contributed by atoms with Crippen molar-refractivity contribution in [2.24, 2.45) is 0 Å². The van der Waals surface area contributed by atoms with Gasteiger partial charge < -0.3 is 9.40 Å². The number of rotatable bonds is 2. The Balaban J connectivity index is 2.40. The third-order valence-electron chi connectivity index (χ3n) is 3.77. The summed E-state index contributed by atoms with van der Waals surface area (Å²) < 4.78 is 5.60. The lowest BCUT2D eigenvalue weighted by Crippen LogP contribution is -2.13. The van der Waals surface area contributed by atoms with Gasteiger partial charge in [-0.15, -0.1) is 0 Å². The lowest BCUT2D eigenvalue weighted by molar-refractivity contribution is 0.112. The molecule has 0 bridgehead atoms. The number of nitrogens with one attached hydrogen (secondary N) is 1. The van der Waals surface area contributed by atoms with Crippen LogP contribution in [-0.4, -0.2) is 11.3 Å². The summed E-state index contributed by atoms with van der Waals surface area (Å²) in [5, 5.41) is 0.737. The summed E-state index contributed by atoms with van der Waals surface area (Å²) >= 11 is 0. The van der Waals surface area contributed by atoms with Gasteiger partial charge in [0.2, 0.25) is 0 Å². The second kappa shape index (κ2) is 4.98. The molecule has 0 unspecified atom stereocenters. The zero-order chi connectivity index (χ0) is 15.9. The lowest BCUT2D eigenvalue weighted by Gasteiger charge is -2.20. The molecule has 22 heavy (non-hydrogen) atoms. The molecule has 0 aliphatic heterocycles. The van der Waals surface area contributed by atoms with E-state index in [1.165, 1.54) is 6.26 Å². The van der Waals surface area contributed by atoms with E-state index in [2.05, 4.69) is 25.8 Å². The van der Waals surface area contributed by atoms with Gasteiger partial charge in [0.15, 0.2) is 6.29 Å². The number of pyridine rings is 1. The first-order chi connectivity index (χ1) is 10.4. The van der Waals surface area contributed by atoms with Gasteiger partial charge in [0.05, 0.1) is 5.56 Å².